The Morgan fingerprint density at radius 2 is 2.00 bits per heavy atom. The molecule has 0 unspecified atom stereocenters. The average Bonchev–Trinajstić information content (AvgIpc) is 3.28. The predicted octanol–water partition coefficient (Wildman–Crippen LogP) is 2.32. The molecule has 0 bridgehead atoms. The lowest BCUT2D eigenvalue weighted by Gasteiger charge is -2.31. The van der Waals surface area contributed by atoms with Crippen LogP contribution in [0.25, 0.3) is 0 Å². The number of hydrogen-bond acceptors (Lipinski definition) is 4. The molecule has 1 aliphatic carbocycles. The number of carbonyl (C=O) groups excluding carboxylic acids is 2. The summed E-state index contributed by atoms with van der Waals surface area (Å²) in [4.78, 5) is 26.4. The van der Waals surface area contributed by atoms with E-state index in [1.807, 2.05) is 20.8 Å². The molecule has 1 aliphatic heterocycles. The third-order valence-electron chi connectivity index (χ3n) is 4.16. The van der Waals surface area contributed by atoms with Gasteiger partial charge in [-0.2, -0.15) is 0 Å². The summed E-state index contributed by atoms with van der Waals surface area (Å²) in [6.07, 6.45) is 3.60. The number of hydrogen-bond donors (Lipinski definition) is 1. The second kappa shape index (κ2) is 7.51. The fourth-order valence-corrected chi connectivity index (χ4v) is 2.78. The summed E-state index contributed by atoms with van der Waals surface area (Å²) in [5.74, 6) is 0.254. The zero-order chi connectivity index (χ0) is 17.0. The van der Waals surface area contributed by atoms with Gasteiger partial charge in [0.05, 0.1) is 6.61 Å². The zero-order valence-electron chi connectivity index (χ0n) is 14.8. The van der Waals surface area contributed by atoms with Crippen LogP contribution in [0, 0.1) is 5.92 Å². The number of rotatable bonds is 5. The molecule has 132 valence electrons. The smallest absolute Gasteiger partial charge is 0.411 e. The number of nitrogens with one attached hydrogen (secondary N) is 1. The highest BCUT2D eigenvalue weighted by Gasteiger charge is 2.40. The minimum Gasteiger partial charge on any atom is -0.444 e. The zero-order valence-corrected chi connectivity index (χ0v) is 14.8. The normalized spacial score (nSPS) is 23.0. The molecule has 0 radical (unpaired) electrons. The van der Waals surface area contributed by atoms with E-state index in [1.54, 1.807) is 11.8 Å². The summed E-state index contributed by atoms with van der Waals surface area (Å²) in [6.45, 7) is 9.41. The van der Waals surface area contributed by atoms with E-state index in [1.165, 1.54) is 0 Å². The molecule has 23 heavy (non-hydrogen) atoms. The summed E-state index contributed by atoms with van der Waals surface area (Å²) in [5.41, 5.74) is -0.556. The number of carbonyl (C=O) groups is 2. The quantitative estimate of drug-likeness (QED) is 0.842. The van der Waals surface area contributed by atoms with E-state index in [2.05, 4.69) is 5.32 Å². The summed E-state index contributed by atoms with van der Waals surface area (Å²) in [5, 5.41) is 2.96. The van der Waals surface area contributed by atoms with Crippen LogP contribution >= 0.6 is 0 Å². The lowest BCUT2D eigenvalue weighted by atomic mass is 10.0. The average molecular weight is 326 g/mol. The minimum atomic E-state index is -0.556. The van der Waals surface area contributed by atoms with E-state index in [-0.39, 0.29) is 11.9 Å². The Morgan fingerprint density at radius 3 is 2.52 bits per heavy atom. The molecule has 2 fully saturated rings. The molecule has 1 N–H and O–H groups in total. The Hall–Kier alpha value is -1.30. The van der Waals surface area contributed by atoms with Gasteiger partial charge in [0.25, 0.3) is 0 Å². The Bertz CT molecular complexity index is 423. The van der Waals surface area contributed by atoms with E-state index in [0.29, 0.717) is 19.1 Å². The Balaban J connectivity index is 1.87. The second-order valence-electron chi connectivity index (χ2n) is 7.62. The topological polar surface area (TPSA) is 67.9 Å². The van der Waals surface area contributed by atoms with Gasteiger partial charge in [-0.3, -0.25) is 9.69 Å². The maximum Gasteiger partial charge on any atom is 0.411 e. The number of nitrogens with zero attached hydrogens (tertiary/aromatic N) is 1. The van der Waals surface area contributed by atoms with Gasteiger partial charge in [-0.05, 0) is 59.3 Å². The van der Waals surface area contributed by atoms with E-state index < -0.39 is 17.7 Å². The van der Waals surface area contributed by atoms with Crippen LogP contribution in [0.5, 0.6) is 0 Å². The van der Waals surface area contributed by atoms with Gasteiger partial charge in [0.1, 0.15) is 11.6 Å². The first kappa shape index (κ1) is 18.0. The summed E-state index contributed by atoms with van der Waals surface area (Å²) in [7, 11) is 0. The van der Waals surface area contributed by atoms with Crippen molar-refractivity contribution in [1.29, 1.82) is 0 Å². The maximum atomic E-state index is 12.4. The number of ether oxygens (including phenoxy) is 2. The highest BCUT2D eigenvalue weighted by Crippen LogP contribution is 2.30. The van der Waals surface area contributed by atoms with Gasteiger partial charge >= 0.3 is 6.09 Å². The first-order chi connectivity index (χ1) is 10.8. The third kappa shape index (κ3) is 5.68. The minimum absolute atomic E-state index is 0.117. The van der Waals surface area contributed by atoms with Crippen molar-refractivity contribution >= 4 is 12.0 Å². The predicted molar refractivity (Wildman–Crippen MR) is 87.1 cm³/mol. The van der Waals surface area contributed by atoms with Gasteiger partial charge in [0.15, 0.2) is 0 Å². The highest BCUT2D eigenvalue weighted by molar-refractivity contribution is 5.85. The van der Waals surface area contributed by atoms with Crippen LogP contribution in [0.2, 0.25) is 0 Å². The van der Waals surface area contributed by atoms with Gasteiger partial charge in [-0.1, -0.05) is 0 Å². The molecular weight excluding hydrogens is 296 g/mol. The molecule has 0 aromatic rings. The van der Waals surface area contributed by atoms with Crippen LogP contribution in [0.1, 0.15) is 53.4 Å². The van der Waals surface area contributed by atoms with Gasteiger partial charge in [-0.15, -0.1) is 0 Å². The van der Waals surface area contributed by atoms with Crippen LogP contribution in [-0.2, 0) is 14.3 Å². The van der Waals surface area contributed by atoms with Crippen LogP contribution in [-0.4, -0.2) is 54.3 Å². The van der Waals surface area contributed by atoms with Crippen molar-refractivity contribution in [2.45, 2.75) is 71.1 Å². The lowest BCUT2D eigenvalue weighted by Crippen LogP contribution is -2.51. The van der Waals surface area contributed by atoms with Gasteiger partial charge in [-0.25, -0.2) is 4.79 Å². The first-order valence-electron chi connectivity index (χ1n) is 8.64. The van der Waals surface area contributed by atoms with E-state index in [4.69, 9.17) is 9.47 Å². The van der Waals surface area contributed by atoms with Gasteiger partial charge < -0.3 is 14.8 Å². The van der Waals surface area contributed by atoms with Crippen LogP contribution < -0.4 is 5.32 Å². The van der Waals surface area contributed by atoms with E-state index in [0.717, 1.165) is 32.3 Å². The van der Waals surface area contributed by atoms with Gasteiger partial charge in [0, 0.05) is 19.2 Å². The van der Waals surface area contributed by atoms with Crippen LogP contribution in [0.4, 0.5) is 4.79 Å². The summed E-state index contributed by atoms with van der Waals surface area (Å²) < 4.78 is 10.9. The van der Waals surface area contributed by atoms with Crippen LogP contribution in [0.15, 0.2) is 0 Å². The lowest BCUT2D eigenvalue weighted by molar-refractivity contribution is -0.126. The molecule has 0 aromatic carbocycles. The highest BCUT2D eigenvalue weighted by atomic mass is 16.6. The Morgan fingerprint density at radius 1 is 1.30 bits per heavy atom. The molecule has 1 heterocycles. The molecule has 2 amide bonds. The van der Waals surface area contributed by atoms with Crippen molar-refractivity contribution in [3.05, 3.63) is 0 Å². The fourth-order valence-electron chi connectivity index (χ4n) is 2.78. The van der Waals surface area contributed by atoms with Crippen molar-refractivity contribution in [1.82, 2.24) is 10.2 Å². The SMILES string of the molecule is C[C@H](C(=O)NC[C@H]1CCCOC1)N(C(=O)OC(C)(C)C)C1CC1. The van der Waals surface area contributed by atoms with Crippen molar-refractivity contribution < 1.29 is 19.1 Å². The first-order valence-corrected chi connectivity index (χ1v) is 8.64. The second-order valence-corrected chi connectivity index (χ2v) is 7.62. The third-order valence-corrected chi connectivity index (χ3v) is 4.16. The molecule has 1 saturated heterocycles. The van der Waals surface area contributed by atoms with Crippen molar-refractivity contribution in [3.63, 3.8) is 0 Å². The van der Waals surface area contributed by atoms with Crippen molar-refractivity contribution in [3.8, 4) is 0 Å². The van der Waals surface area contributed by atoms with E-state index >= 15 is 0 Å². The summed E-state index contributed by atoms with van der Waals surface area (Å²) in [6, 6.07) is -0.384. The molecule has 0 spiro atoms. The largest absolute Gasteiger partial charge is 0.444 e. The fraction of sp³-hybridized carbons (Fsp3) is 0.882. The standard InChI is InChI=1S/C17H30N2O4/c1-12(15(20)18-10-13-6-5-9-22-11-13)19(14-7-8-14)16(21)23-17(2,3)4/h12-14H,5-11H2,1-4H3,(H,18,20)/t12-,13-/m1/s1. The molecular formula is C17H30N2O4. The van der Waals surface area contributed by atoms with Crippen molar-refractivity contribution in [2.75, 3.05) is 19.8 Å². The van der Waals surface area contributed by atoms with E-state index in [9.17, 15) is 9.59 Å². The summed E-state index contributed by atoms with van der Waals surface area (Å²) >= 11 is 0. The maximum absolute atomic E-state index is 12.4. The molecule has 2 rings (SSSR count). The molecule has 6 nitrogen and oxygen atoms in total. The van der Waals surface area contributed by atoms with Crippen LogP contribution in [0.3, 0.4) is 0 Å². The Kier molecular flexibility index (Phi) is 5.89. The van der Waals surface area contributed by atoms with Gasteiger partial charge in [0.2, 0.25) is 5.91 Å². The number of amides is 2. The molecule has 1 saturated carbocycles. The Labute approximate surface area is 138 Å². The molecule has 6 heteroatoms. The van der Waals surface area contributed by atoms with Crippen molar-refractivity contribution in [2.24, 2.45) is 5.92 Å². The molecule has 2 atom stereocenters. The molecule has 0 aromatic heterocycles. The monoisotopic (exact) mass is 326 g/mol. The molecule has 2 aliphatic rings.